The Morgan fingerprint density at radius 3 is 2.31 bits per heavy atom. The number of aryl methyl sites for hydroxylation is 1. The fraction of sp³-hybridized carbons (Fsp3) is 0.280. The van der Waals surface area contributed by atoms with Gasteiger partial charge in [0, 0.05) is 11.1 Å². The van der Waals surface area contributed by atoms with Gasteiger partial charge in [-0.2, -0.15) is 5.10 Å². The molecule has 3 rings (SSSR count). The summed E-state index contributed by atoms with van der Waals surface area (Å²) in [5, 5.41) is 18.8. The number of amides is 2. The number of hydrogen-bond donors (Lipinski definition) is 3. The average Bonchev–Trinajstić information content (AvgIpc) is 3.29. The lowest BCUT2D eigenvalue weighted by Gasteiger charge is -2.17. The van der Waals surface area contributed by atoms with Gasteiger partial charge >= 0.3 is 0 Å². The predicted octanol–water partition coefficient (Wildman–Crippen LogP) is 4.57. The van der Waals surface area contributed by atoms with Crippen LogP contribution in [0.15, 0.2) is 59.7 Å². The van der Waals surface area contributed by atoms with Crippen molar-refractivity contribution in [2.24, 2.45) is 10.5 Å². The van der Waals surface area contributed by atoms with E-state index in [9.17, 15) is 14.4 Å². The van der Waals surface area contributed by atoms with Gasteiger partial charge < -0.3 is 5.32 Å². The standard InChI is InChI=1S/C25H28N6O3S/c1-5-21-29-31-24(35-21)27-23(34)19(15-20(32)25(2,3)4)28-30-22(33)17-13-9-10-14-18(17)26-16-11-7-6-8-12-16/h6-14,26H,5,15H2,1-4H3,(H,30,33)(H,27,31,34). The largest absolute Gasteiger partial charge is 0.355 e. The summed E-state index contributed by atoms with van der Waals surface area (Å²) >= 11 is 1.24. The molecule has 0 aliphatic heterocycles. The molecule has 0 saturated carbocycles. The Balaban J connectivity index is 1.81. The Kier molecular flexibility index (Phi) is 8.43. The quantitative estimate of drug-likeness (QED) is 0.297. The van der Waals surface area contributed by atoms with Crippen LogP contribution in [0.3, 0.4) is 0 Å². The summed E-state index contributed by atoms with van der Waals surface area (Å²) < 4.78 is 0. The summed E-state index contributed by atoms with van der Waals surface area (Å²) in [5.41, 5.74) is 3.34. The minimum absolute atomic E-state index is 0.125. The second-order valence-electron chi connectivity index (χ2n) is 8.69. The van der Waals surface area contributed by atoms with Crippen molar-refractivity contribution in [1.82, 2.24) is 15.6 Å². The summed E-state index contributed by atoms with van der Waals surface area (Å²) in [5.74, 6) is -1.35. The second kappa shape index (κ2) is 11.5. The van der Waals surface area contributed by atoms with Crippen LogP contribution in [0, 0.1) is 5.41 Å². The van der Waals surface area contributed by atoms with Crippen LogP contribution in [0.25, 0.3) is 0 Å². The zero-order valence-corrected chi connectivity index (χ0v) is 20.9. The van der Waals surface area contributed by atoms with E-state index in [1.54, 1.807) is 45.0 Å². The maximum Gasteiger partial charge on any atom is 0.274 e. The molecule has 0 aliphatic carbocycles. The van der Waals surface area contributed by atoms with Gasteiger partial charge in [0.25, 0.3) is 11.8 Å². The van der Waals surface area contributed by atoms with Crippen LogP contribution >= 0.6 is 11.3 Å². The van der Waals surface area contributed by atoms with E-state index in [1.807, 2.05) is 37.3 Å². The van der Waals surface area contributed by atoms with Crippen molar-refractivity contribution < 1.29 is 14.4 Å². The SMILES string of the molecule is CCc1nnc(NC(=O)C(CC(=O)C(C)(C)C)=NNC(=O)c2ccccc2Nc2ccccc2)s1. The summed E-state index contributed by atoms with van der Waals surface area (Å²) in [6.07, 6.45) is 0.433. The lowest BCUT2D eigenvalue weighted by atomic mass is 9.88. The molecule has 1 heterocycles. The van der Waals surface area contributed by atoms with Crippen LogP contribution in [0.2, 0.25) is 0 Å². The highest BCUT2D eigenvalue weighted by Crippen LogP contribution is 2.21. The van der Waals surface area contributed by atoms with E-state index in [2.05, 4.69) is 31.4 Å². The highest BCUT2D eigenvalue weighted by atomic mass is 32.1. The zero-order chi connectivity index (χ0) is 25.4. The molecular formula is C25H28N6O3S. The number of carbonyl (C=O) groups is 3. The fourth-order valence-corrected chi connectivity index (χ4v) is 3.52. The van der Waals surface area contributed by atoms with E-state index < -0.39 is 17.2 Å². The van der Waals surface area contributed by atoms with Crippen molar-refractivity contribution in [3.63, 3.8) is 0 Å². The van der Waals surface area contributed by atoms with Crippen LogP contribution in [0.5, 0.6) is 0 Å². The number of carbonyl (C=O) groups excluding carboxylic acids is 3. The molecule has 9 nitrogen and oxygen atoms in total. The lowest BCUT2D eigenvalue weighted by molar-refractivity contribution is -0.125. The molecule has 0 aliphatic rings. The molecule has 1 aromatic heterocycles. The van der Waals surface area contributed by atoms with Gasteiger partial charge in [0.05, 0.1) is 17.7 Å². The van der Waals surface area contributed by atoms with Crippen molar-refractivity contribution >= 4 is 51.2 Å². The van der Waals surface area contributed by atoms with Crippen molar-refractivity contribution in [3.05, 3.63) is 65.2 Å². The van der Waals surface area contributed by atoms with E-state index in [1.165, 1.54) is 11.3 Å². The van der Waals surface area contributed by atoms with Crippen molar-refractivity contribution in [2.75, 3.05) is 10.6 Å². The van der Waals surface area contributed by atoms with E-state index >= 15 is 0 Å². The molecule has 35 heavy (non-hydrogen) atoms. The summed E-state index contributed by atoms with van der Waals surface area (Å²) in [6.45, 7) is 7.20. The number of nitrogens with zero attached hydrogens (tertiary/aromatic N) is 3. The number of ketones is 1. The Morgan fingerprint density at radius 2 is 1.66 bits per heavy atom. The van der Waals surface area contributed by atoms with E-state index in [4.69, 9.17) is 0 Å². The maximum atomic E-state index is 13.0. The van der Waals surface area contributed by atoms with Gasteiger partial charge in [0.1, 0.15) is 16.5 Å². The minimum Gasteiger partial charge on any atom is -0.355 e. The van der Waals surface area contributed by atoms with Crippen LogP contribution < -0.4 is 16.1 Å². The highest BCUT2D eigenvalue weighted by molar-refractivity contribution is 7.15. The molecule has 3 N–H and O–H groups in total. The van der Waals surface area contributed by atoms with Gasteiger partial charge in [0.2, 0.25) is 5.13 Å². The van der Waals surface area contributed by atoms with Gasteiger partial charge in [0.15, 0.2) is 0 Å². The number of benzene rings is 2. The number of anilines is 3. The number of Topliss-reactive ketones (excluding diaryl/α,β-unsaturated/α-hetero) is 1. The van der Waals surface area contributed by atoms with Gasteiger partial charge in [-0.05, 0) is 30.7 Å². The summed E-state index contributed by atoms with van der Waals surface area (Å²) in [4.78, 5) is 38.5. The Bertz CT molecular complexity index is 1230. The number of hydrogen-bond acceptors (Lipinski definition) is 8. The average molecular weight is 493 g/mol. The molecule has 0 fully saturated rings. The van der Waals surface area contributed by atoms with Crippen LogP contribution in [-0.2, 0) is 16.0 Å². The monoisotopic (exact) mass is 492 g/mol. The summed E-state index contributed by atoms with van der Waals surface area (Å²) in [7, 11) is 0. The maximum absolute atomic E-state index is 13.0. The third-order valence-corrected chi connectivity index (χ3v) is 5.92. The molecule has 2 aromatic carbocycles. The van der Waals surface area contributed by atoms with Crippen molar-refractivity contribution in [3.8, 4) is 0 Å². The first-order valence-electron chi connectivity index (χ1n) is 11.1. The van der Waals surface area contributed by atoms with Crippen molar-refractivity contribution in [1.29, 1.82) is 0 Å². The van der Waals surface area contributed by atoms with Crippen molar-refractivity contribution in [2.45, 2.75) is 40.5 Å². The minimum atomic E-state index is -0.685. The molecule has 0 atom stereocenters. The number of nitrogens with one attached hydrogen (secondary N) is 3. The molecule has 10 heteroatoms. The predicted molar refractivity (Wildman–Crippen MR) is 138 cm³/mol. The number of hydrazone groups is 1. The van der Waals surface area contributed by atoms with Crippen LogP contribution in [0.4, 0.5) is 16.5 Å². The Morgan fingerprint density at radius 1 is 0.971 bits per heavy atom. The zero-order valence-electron chi connectivity index (χ0n) is 20.1. The topological polar surface area (TPSA) is 125 Å². The molecule has 2 amide bonds. The third kappa shape index (κ3) is 7.28. The molecular weight excluding hydrogens is 464 g/mol. The molecule has 182 valence electrons. The van der Waals surface area contributed by atoms with Gasteiger partial charge in [-0.1, -0.05) is 69.4 Å². The molecule has 0 saturated heterocycles. The number of rotatable bonds is 9. The second-order valence-corrected chi connectivity index (χ2v) is 9.76. The lowest BCUT2D eigenvalue weighted by Crippen LogP contribution is -2.32. The van der Waals surface area contributed by atoms with E-state index in [0.717, 1.165) is 10.7 Å². The first-order valence-corrected chi connectivity index (χ1v) is 11.9. The molecule has 3 aromatic rings. The van der Waals surface area contributed by atoms with Crippen LogP contribution in [0.1, 0.15) is 49.5 Å². The first kappa shape index (κ1) is 25.7. The fourth-order valence-electron chi connectivity index (χ4n) is 2.85. The molecule has 0 spiro atoms. The smallest absolute Gasteiger partial charge is 0.274 e. The molecule has 0 unspecified atom stereocenters. The molecule has 0 bridgehead atoms. The van der Waals surface area contributed by atoms with Gasteiger partial charge in [-0.15, -0.1) is 10.2 Å². The number of para-hydroxylation sites is 2. The van der Waals surface area contributed by atoms with Gasteiger partial charge in [-0.3, -0.25) is 19.7 Å². The van der Waals surface area contributed by atoms with Gasteiger partial charge in [-0.25, -0.2) is 5.43 Å². The third-order valence-electron chi connectivity index (χ3n) is 4.93. The Labute approximate surface area is 208 Å². The highest BCUT2D eigenvalue weighted by Gasteiger charge is 2.26. The summed E-state index contributed by atoms with van der Waals surface area (Å²) in [6, 6.07) is 16.4. The molecule has 0 radical (unpaired) electrons. The Hall–Kier alpha value is -3.92. The first-order chi connectivity index (χ1) is 16.7. The normalized spacial score (nSPS) is 11.6. The van der Waals surface area contributed by atoms with E-state index in [-0.39, 0.29) is 17.9 Å². The van der Waals surface area contributed by atoms with Crippen LogP contribution in [-0.4, -0.2) is 33.5 Å². The number of aromatic nitrogens is 2. The van der Waals surface area contributed by atoms with E-state index in [0.29, 0.717) is 22.8 Å².